The highest BCUT2D eigenvalue weighted by molar-refractivity contribution is 5.96. The maximum absolute atomic E-state index is 13.5. The van der Waals surface area contributed by atoms with Crippen molar-refractivity contribution < 1.29 is 57.3 Å². The van der Waals surface area contributed by atoms with E-state index in [1.54, 1.807) is 24.3 Å². The third kappa shape index (κ3) is 14.7. The molecule has 0 radical (unpaired) electrons. The van der Waals surface area contributed by atoms with E-state index in [1.165, 1.54) is 6.92 Å². The number of carbonyl (C=O) groups is 7. The summed E-state index contributed by atoms with van der Waals surface area (Å²) in [6.45, 7) is 3.39. The van der Waals surface area contributed by atoms with E-state index in [9.17, 15) is 43.1 Å². The van der Waals surface area contributed by atoms with E-state index in [-0.39, 0.29) is 31.8 Å². The molecule has 0 saturated carbocycles. The van der Waals surface area contributed by atoms with Gasteiger partial charge in [0.2, 0.25) is 5.91 Å². The normalized spacial score (nSPS) is 14.2. The number of hydrogen-bond donors (Lipinski definition) is 3. The quantitative estimate of drug-likeness (QED) is 0.131. The predicted molar refractivity (Wildman–Crippen MR) is 162 cm³/mol. The van der Waals surface area contributed by atoms with E-state index in [0.29, 0.717) is 0 Å². The van der Waals surface area contributed by atoms with Crippen molar-refractivity contribution >= 4 is 41.3 Å². The lowest BCUT2D eigenvalue weighted by Crippen LogP contribution is -2.51. The molecule has 0 aliphatic heterocycles. The molecule has 0 bridgehead atoms. The van der Waals surface area contributed by atoms with Crippen molar-refractivity contribution in [3.8, 4) is 0 Å². The second-order valence-electron chi connectivity index (χ2n) is 11.3. The molecule has 14 heteroatoms. The zero-order valence-corrected chi connectivity index (χ0v) is 26.9. The molecule has 2 amide bonds. The van der Waals surface area contributed by atoms with Crippen LogP contribution < -0.4 is 10.6 Å². The van der Waals surface area contributed by atoms with Crippen LogP contribution in [-0.4, -0.2) is 85.5 Å². The minimum absolute atomic E-state index is 0.0361. The fourth-order valence-corrected chi connectivity index (χ4v) is 4.56. The molecule has 3 N–H and O–H groups in total. The highest BCUT2D eigenvalue weighted by atomic mass is 19.1. The van der Waals surface area contributed by atoms with Crippen LogP contribution in [0.15, 0.2) is 30.3 Å². The molecular weight excluding hydrogens is 607 g/mol. The number of nitrogens with one attached hydrogen (secondary N) is 2. The average Bonchev–Trinajstić information content (AvgIpc) is 3.02. The van der Waals surface area contributed by atoms with Crippen LogP contribution in [0.2, 0.25) is 0 Å². The zero-order chi connectivity index (χ0) is 34.8. The van der Waals surface area contributed by atoms with E-state index in [4.69, 9.17) is 4.74 Å². The minimum Gasteiger partial charge on any atom is -0.469 e. The Hall–Kier alpha value is -4.20. The van der Waals surface area contributed by atoms with Gasteiger partial charge >= 0.3 is 18.0 Å². The largest absolute Gasteiger partial charge is 0.469 e. The molecule has 0 spiro atoms. The van der Waals surface area contributed by atoms with Gasteiger partial charge in [-0.25, -0.2) is 9.18 Å². The summed E-state index contributed by atoms with van der Waals surface area (Å²) in [6, 6.07) is 6.26. The van der Waals surface area contributed by atoms with Gasteiger partial charge in [0, 0.05) is 31.1 Å². The van der Waals surface area contributed by atoms with Crippen LogP contribution in [0.5, 0.6) is 0 Å². The lowest BCUT2D eigenvalue weighted by Gasteiger charge is -2.26. The van der Waals surface area contributed by atoms with E-state index < -0.39 is 97.2 Å². The maximum Gasteiger partial charge on any atom is 0.408 e. The van der Waals surface area contributed by atoms with E-state index in [0.717, 1.165) is 19.8 Å². The molecule has 0 aliphatic carbocycles. The predicted octanol–water partition coefficient (Wildman–Crippen LogP) is 2.40. The van der Waals surface area contributed by atoms with Gasteiger partial charge in [-0.3, -0.25) is 28.8 Å². The molecular formula is C32H45FN2O11. The van der Waals surface area contributed by atoms with Crippen LogP contribution in [0.3, 0.4) is 0 Å². The first-order valence-corrected chi connectivity index (χ1v) is 15.0. The molecule has 0 aliphatic rings. The Bertz CT molecular complexity index is 1190. The average molecular weight is 653 g/mol. The van der Waals surface area contributed by atoms with Crippen molar-refractivity contribution in [2.24, 2.45) is 17.8 Å². The van der Waals surface area contributed by atoms with Gasteiger partial charge in [-0.05, 0) is 31.2 Å². The molecule has 13 nitrogen and oxygen atoms in total. The summed E-state index contributed by atoms with van der Waals surface area (Å²) < 4.78 is 27.5. The van der Waals surface area contributed by atoms with Crippen LogP contribution in [0, 0.1) is 17.8 Å². The van der Waals surface area contributed by atoms with Crippen molar-refractivity contribution in [1.82, 2.24) is 10.6 Å². The number of carbonyl (C=O) groups excluding carboxylic acids is 7. The van der Waals surface area contributed by atoms with Crippen LogP contribution in [0.4, 0.5) is 9.18 Å². The number of alkyl halides is 1. The van der Waals surface area contributed by atoms with Crippen molar-refractivity contribution in [3.63, 3.8) is 0 Å². The Morgan fingerprint density at radius 3 is 1.96 bits per heavy atom. The number of Topliss-reactive ketones (excluding diaryl/α,β-unsaturated/α-hetero) is 3. The second kappa shape index (κ2) is 20.8. The van der Waals surface area contributed by atoms with Gasteiger partial charge in [0.15, 0.2) is 17.3 Å². The topological polar surface area (TPSA) is 191 Å². The first-order chi connectivity index (χ1) is 21.7. The van der Waals surface area contributed by atoms with Crippen molar-refractivity contribution in [3.05, 3.63) is 35.9 Å². The SMILES string of the molecule is COC(=O)CCC(CC(=O)[C@H](CC(C)C)NC(=O)OCc1ccccc1)C(=O)N[C@H](C(=O)CC(CC(=O)OC)C(=O)CF)[C@@H](C)O. The monoisotopic (exact) mass is 652 g/mol. The Morgan fingerprint density at radius 2 is 1.41 bits per heavy atom. The van der Waals surface area contributed by atoms with E-state index >= 15 is 0 Å². The maximum atomic E-state index is 13.5. The smallest absolute Gasteiger partial charge is 0.408 e. The molecule has 1 rings (SSSR count). The number of benzene rings is 1. The van der Waals surface area contributed by atoms with Gasteiger partial charge in [-0.15, -0.1) is 0 Å². The number of methoxy groups -OCH3 is 2. The third-order valence-corrected chi connectivity index (χ3v) is 7.15. The number of ether oxygens (including phenoxy) is 3. The van der Waals surface area contributed by atoms with Crippen molar-refractivity contribution in [2.45, 2.75) is 84.1 Å². The number of ketones is 3. The number of alkyl carbamates (subject to hydrolysis) is 1. The molecule has 0 aromatic heterocycles. The number of rotatable bonds is 21. The number of esters is 2. The Morgan fingerprint density at radius 1 is 0.804 bits per heavy atom. The summed E-state index contributed by atoms with van der Waals surface area (Å²) in [5.41, 5.74) is 0.733. The Kier molecular flexibility index (Phi) is 18.0. The molecule has 2 unspecified atom stereocenters. The molecule has 46 heavy (non-hydrogen) atoms. The number of hydrogen-bond acceptors (Lipinski definition) is 11. The van der Waals surface area contributed by atoms with Crippen LogP contribution in [0.1, 0.15) is 64.9 Å². The molecule has 1 aromatic carbocycles. The molecule has 256 valence electrons. The fraction of sp³-hybridized carbons (Fsp3) is 0.594. The first-order valence-electron chi connectivity index (χ1n) is 15.0. The fourth-order valence-electron chi connectivity index (χ4n) is 4.56. The summed E-state index contributed by atoms with van der Waals surface area (Å²) in [6.07, 6.45) is -4.27. The summed E-state index contributed by atoms with van der Waals surface area (Å²) in [5, 5.41) is 15.2. The molecule has 0 heterocycles. The van der Waals surface area contributed by atoms with Crippen molar-refractivity contribution in [1.29, 1.82) is 0 Å². The summed E-state index contributed by atoms with van der Waals surface area (Å²) in [5.74, 6) is -7.44. The summed E-state index contributed by atoms with van der Waals surface area (Å²) >= 11 is 0. The van der Waals surface area contributed by atoms with Crippen LogP contribution >= 0.6 is 0 Å². The van der Waals surface area contributed by atoms with Gasteiger partial charge in [-0.1, -0.05) is 44.2 Å². The molecule has 0 fully saturated rings. The Labute approximate surface area is 267 Å². The minimum atomic E-state index is -1.59. The lowest BCUT2D eigenvalue weighted by atomic mass is 9.88. The highest BCUT2D eigenvalue weighted by Gasteiger charge is 2.35. The lowest BCUT2D eigenvalue weighted by molar-refractivity contribution is -0.145. The molecule has 5 atom stereocenters. The number of aliphatic hydroxyl groups is 1. The van der Waals surface area contributed by atoms with Gasteiger partial charge in [0.1, 0.15) is 19.3 Å². The third-order valence-electron chi connectivity index (χ3n) is 7.15. The van der Waals surface area contributed by atoms with Gasteiger partial charge in [-0.2, -0.15) is 0 Å². The van der Waals surface area contributed by atoms with E-state index in [1.807, 2.05) is 19.9 Å². The molecule has 0 saturated heterocycles. The van der Waals surface area contributed by atoms with Crippen molar-refractivity contribution in [2.75, 3.05) is 20.9 Å². The van der Waals surface area contributed by atoms with Gasteiger partial charge in [0.25, 0.3) is 0 Å². The van der Waals surface area contributed by atoms with E-state index in [2.05, 4.69) is 20.1 Å². The zero-order valence-electron chi connectivity index (χ0n) is 26.9. The molecule has 1 aromatic rings. The summed E-state index contributed by atoms with van der Waals surface area (Å²) in [7, 11) is 2.21. The number of halogens is 1. The van der Waals surface area contributed by atoms with Crippen LogP contribution in [-0.2, 0) is 49.6 Å². The standard InChI is InChI=1S/C32H45FN2O11/c1-19(2)13-24(34-32(43)46-18-21-9-7-6-8-10-21)25(37)14-22(11-12-28(40)44-4)31(42)35-30(20(3)36)26(38)15-23(27(39)17-33)16-29(41)45-5/h6-10,19-20,22-24,30,36H,11-18H2,1-5H3,(H,34,43)(H,35,42)/t20-,22?,23?,24+,30+/m1/s1. The van der Waals surface area contributed by atoms with Crippen LogP contribution in [0.25, 0.3) is 0 Å². The Balaban J connectivity index is 3.13. The number of amides is 2. The number of aliphatic hydroxyl groups excluding tert-OH is 1. The highest BCUT2D eigenvalue weighted by Crippen LogP contribution is 2.20. The first kappa shape index (κ1) is 39.8. The second-order valence-corrected chi connectivity index (χ2v) is 11.3. The summed E-state index contributed by atoms with van der Waals surface area (Å²) in [4.78, 5) is 88.2. The van der Waals surface area contributed by atoms with Gasteiger partial charge < -0.3 is 30.0 Å². The van der Waals surface area contributed by atoms with Gasteiger partial charge in [0.05, 0.1) is 32.8 Å².